The summed E-state index contributed by atoms with van der Waals surface area (Å²) >= 11 is 1.79. The third-order valence-electron chi connectivity index (χ3n) is 18.0. The molecule has 5 heterocycles. The highest BCUT2D eigenvalue weighted by Crippen LogP contribution is 2.52. The van der Waals surface area contributed by atoms with Gasteiger partial charge in [-0.2, -0.15) is 10.5 Å². The van der Waals surface area contributed by atoms with Crippen molar-refractivity contribution >= 4 is 119 Å². The Morgan fingerprint density at radius 1 is 0.264 bits per heavy atom. The monoisotopic (exact) mass is 1120 g/mol. The minimum absolute atomic E-state index is 0.361. The highest BCUT2D eigenvalue weighted by atomic mass is 32.1. The predicted molar refractivity (Wildman–Crippen MR) is 362 cm³/mol. The zero-order valence-electron chi connectivity index (χ0n) is 46.6. The van der Waals surface area contributed by atoms with Gasteiger partial charge in [0.2, 0.25) is 0 Å². The van der Waals surface area contributed by atoms with Crippen molar-refractivity contribution in [2.45, 2.75) is 0 Å². The molecule has 0 saturated heterocycles. The summed E-state index contributed by atoms with van der Waals surface area (Å²) in [4.78, 5) is 0. The van der Waals surface area contributed by atoms with Gasteiger partial charge >= 0.3 is 0 Å². The first-order chi connectivity index (χ1) is 43.2. The van der Waals surface area contributed by atoms with Crippen LogP contribution in [-0.2, 0) is 0 Å². The van der Waals surface area contributed by atoms with Crippen LogP contribution in [0.15, 0.2) is 279 Å². The highest BCUT2D eigenvalue weighted by molar-refractivity contribution is 7.26. The first-order valence-electron chi connectivity index (χ1n) is 29.3. The number of rotatable bonds is 7. The van der Waals surface area contributed by atoms with Crippen LogP contribution in [0.25, 0.3) is 164 Å². The smallest absolute Gasteiger partial charge is 0.104 e. The van der Waals surface area contributed by atoms with E-state index in [0.29, 0.717) is 33.9 Å². The van der Waals surface area contributed by atoms with Gasteiger partial charge in [-0.3, -0.25) is 0 Å². The van der Waals surface area contributed by atoms with Crippen molar-refractivity contribution in [2.24, 2.45) is 0 Å². The Balaban J connectivity index is 1.14. The van der Waals surface area contributed by atoms with E-state index < -0.39 is 0 Å². The molecular formula is C80H46N6S. The second-order valence-corrected chi connectivity index (χ2v) is 23.5. The fourth-order valence-corrected chi connectivity index (χ4v) is 15.8. The normalized spacial score (nSPS) is 11.9. The molecule has 0 aliphatic rings. The van der Waals surface area contributed by atoms with Gasteiger partial charge in [0.25, 0.3) is 0 Å². The summed E-state index contributed by atoms with van der Waals surface area (Å²) in [7, 11) is 0. The van der Waals surface area contributed by atoms with Gasteiger partial charge in [0, 0.05) is 58.6 Å². The Bertz CT molecular complexity index is 5660. The molecule has 5 aromatic heterocycles. The first-order valence-corrected chi connectivity index (χ1v) is 30.1. The molecule has 0 bridgehead atoms. The topological polar surface area (TPSA) is 67.3 Å². The standard InChI is InChI=1S/C80H46N6S/c81-47-64-75(83-66-35-14-7-26-54(66)55-27-8-15-36-67(55)83)65(48-82)77(85-70-39-18-11-30-58(70)59-31-12-19-40-71(59)85)79(76(64)84-68-37-16-9-28-56(68)57-29-10-17-38-69(57)84)86-72-46-51(42-43-60(72)62-44-45-63-61-32-13-20-41-73(61)87-80(63)78(62)86)74-52(49-22-3-1-4-23-49)33-21-34-53(74)50-24-5-2-6-25-50/h1-46H. The van der Waals surface area contributed by atoms with Crippen molar-refractivity contribution in [3.8, 4) is 68.3 Å². The van der Waals surface area contributed by atoms with Crippen LogP contribution in [0.4, 0.5) is 0 Å². The lowest BCUT2D eigenvalue weighted by Crippen LogP contribution is -2.17. The van der Waals surface area contributed by atoms with Gasteiger partial charge in [0.05, 0.1) is 71.6 Å². The average molecular weight is 1120 g/mol. The Labute approximate surface area is 502 Å². The molecule has 0 atom stereocenters. The fraction of sp³-hybridized carbons (Fsp3) is 0. The van der Waals surface area contributed by atoms with E-state index in [1.165, 1.54) is 10.1 Å². The van der Waals surface area contributed by atoms with Crippen molar-refractivity contribution in [3.05, 3.63) is 290 Å². The molecule has 0 radical (unpaired) electrons. The van der Waals surface area contributed by atoms with E-state index in [1.54, 1.807) is 11.3 Å². The lowest BCUT2D eigenvalue weighted by atomic mass is 9.87. The van der Waals surface area contributed by atoms with Crippen LogP contribution in [0.5, 0.6) is 0 Å². The van der Waals surface area contributed by atoms with Gasteiger partial charge < -0.3 is 18.3 Å². The number of nitrogens with zero attached hydrogens (tertiary/aromatic N) is 6. The highest BCUT2D eigenvalue weighted by Gasteiger charge is 2.35. The Hall–Kier alpha value is -11.7. The molecule has 6 nitrogen and oxygen atoms in total. The van der Waals surface area contributed by atoms with E-state index >= 15 is 0 Å². The van der Waals surface area contributed by atoms with Crippen LogP contribution in [-0.4, -0.2) is 18.3 Å². The molecule has 0 saturated carbocycles. The third-order valence-corrected chi connectivity index (χ3v) is 19.2. The number of aromatic nitrogens is 4. The molecule has 0 fully saturated rings. The minimum atomic E-state index is 0.361. The summed E-state index contributed by atoms with van der Waals surface area (Å²) in [6, 6.07) is 105. The van der Waals surface area contributed by atoms with Crippen LogP contribution in [0.3, 0.4) is 0 Å². The Morgan fingerprint density at radius 3 is 1.08 bits per heavy atom. The molecule has 0 amide bonds. The molecule has 0 N–H and O–H groups in total. The second-order valence-electron chi connectivity index (χ2n) is 22.4. The van der Waals surface area contributed by atoms with Crippen LogP contribution in [0.1, 0.15) is 11.1 Å². The molecule has 7 heteroatoms. The lowest BCUT2D eigenvalue weighted by molar-refractivity contribution is 1.02. The zero-order chi connectivity index (χ0) is 57.4. The summed E-state index contributed by atoms with van der Waals surface area (Å²) in [5.41, 5.74) is 17.2. The predicted octanol–water partition coefficient (Wildman–Crippen LogP) is 21.2. The van der Waals surface area contributed by atoms with E-state index in [0.717, 1.165) is 131 Å². The molecule has 0 unspecified atom stereocenters. The number of hydrogen-bond acceptors (Lipinski definition) is 3. The second kappa shape index (κ2) is 18.9. The Morgan fingerprint density at radius 2 is 0.632 bits per heavy atom. The van der Waals surface area contributed by atoms with E-state index in [-0.39, 0.29) is 0 Å². The van der Waals surface area contributed by atoms with E-state index in [9.17, 15) is 10.5 Å². The number of para-hydroxylation sites is 6. The average Bonchev–Trinajstić information content (AvgIpc) is 1.60. The van der Waals surface area contributed by atoms with Gasteiger partial charge in [-0.1, -0.05) is 231 Å². The minimum Gasteiger partial charge on any atom is -0.306 e. The number of fused-ring (bicyclic) bond motifs is 16. The summed E-state index contributed by atoms with van der Waals surface area (Å²) in [6.45, 7) is 0. The molecule has 18 aromatic rings. The van der Waals surface area contributed by atoms with E-state index in [1.807, 2.05) is 0 Å². The molecule has 13 aromatic carbocycles. The molecule has 0 spiro atoms. The summed E-state index contributed by atoms with van der Waals surface area (Å²) in [5.74, 6) is 0. The number of hydrogen-bond donors (Lipinski definition) is 0. The summed E-state index contributed by atoms with van der Waals surface area (Å²) in [5, 5.41) is 36.3. The van der Waals surface area contributed by atoms with Crippen LogP contribution in [0.2, 0.25) is 0 Å². The van der Waals surface area contributed by atoms with Crippen molar-refractivity contribution < 1.29 is 0 Å². The quantitative estimate of drug-likeness (QED) is 0.160. The van der Waals surface area contributed by atoms with E-state index in [2.05, 4.69) is 309 Å². The van der Waals surface area contributed by atoms with Gasteiger partial charge in [-0.15, -0.1) is 11.3 Å². The largest absolute Gasteiger partial charge is 0.306 e. The van der Waals surface area contributed by atoms with Gasteiger partial charge in [0.1, 0.15) is 23.3 Å². The van der Waals surface area contributed by atoms with Crippen molar-refractivity contribution in [1.29, 1.82) is 10.5 Å². The van der Waals surface area contributed by atoms with Crippen molar-refractivity contribution in [1.82, 2.24) is 18.3 Å². The molecule has 18 rings (SSSR count). The maximum Gasteiger partial charge on any atom is 0.104 e. The van der Waals surface area contributed by atoms with Crippen LogP contribution >= 0.6 is 11.3 Å². The maximum atomic E-state index is 12.9. The number of thiophene rings is 1. The number of benzene rings is 13. The fourth-order valence-electron chi connectivity index (χ4n) is 14.5. The van der Waals surface area contributed by atoms with Crippen molar-refractivity contribution in [2.75, 3.05) is 0 Å². The number of nitriles is 2. The lowest BCUT2D eigenvalue weighted by Gasteiger charge is -2.27. The summed E-state index contributed by atoms with van der Waals surface area (Å²) in [6.07, 6.45) is 0. The van der Waals surface area contributed by atoms with Gasteiger partial charge in [-0.25, -0.2) is 0 Å². The molecule has 0 aliphatic carbocycles. The first kappa shape index (κ1) is 48.8. The zero-order valence-corrected chi connectivity index (χ0v) is 47.5. The molecular weight excluding hydrogens is 1080 g/mol. The third kappa shape index (κ3) is 6.89. The van der Waals surface area contributed by atoms with Gasteiger partial charge in [-0.05, 0) is 81.9 Å². The van der Waals surface area contributed by atoms with Crippen LogP contribution in [0, 0.1) is 22.7 Å². The molecule has 0 aliphatic heterocycles. The summed E-state index contributed by atoms with van der Waals surface area (Å²) < 4.78 is 11.6. The van der Waals surface area contributed by atoms with E-state index in [4.69, 9.17) is 0 Å². The van der Waals surface area contributed by atoms with Crippen molar-refractivity contribution in [3.63, 3.8) is 0 Å². The maximum absolute atomic E-state index is 12.9. The van der Waals surface area contributed by atoms with Gasteiger partial charge in [0.15, 0.2) is 0 Å². The SMILES string of the molecule is N#Cc1c(-n2c3ccccc3c3ccccc32)c(C#N)c(-n2c3ccccc3c3ccccc32)c(-n2c3cc(-c4c(-c5ccccc5)cccc4-c4ccccc4)ccc3c3ccc4c5ccccc5sc4c32)c1-n1c2ccccc2c2ccccc21. The molecule has 402 valence electrons. The Kier molecular flexibility index (Phi) is 10.6. The van der Waals surface area contributed by atoms with Crippen LogP contribution < -0.4 is 0 Å². The molecule has 87 heavy (non-hydrogen) atoms.